The molecule has 0 aromatic carbocycles. The highest BCUT2D eigenvalue weighted by Crippen LogP contribution is 2.41. The summed E-state index contributed by atoms with van der Waals surface area (Å²) in [4.78, 5) is 2.36. The molecule has 2 saturated heterocycles. The summed E-state index contributed by atoms with van der Waals surface area (Å²) < 4.78 is 5.40. The van der Waals surface area contributed by atoms with Crippen LogP contribution < -0.4 is 0 Å². The first-order valence-corrected chi connectivity index (χ1v) is 7.08. The van der Waals surface area contributed by atoms with E-state index < -0.39 is 5.34 Å². The summed E-state index contributed by atoms with van der Waals surface area (Å²) in [6.45, 7) is 3.88. The molecule has 17 heavy (non-hydrogen) atoms. The minimum Gasteiger partial charge on any atom is -0.381 e. The summed E-state index contributed by atoms with van der Waals surface area (Å²) in [5, 5.41) is -0.603. The van der Waals surface area contributed by atoms with Gasteiger partial charge in [0.2, 0.25) is 0 Å². The number of hydrogen-bond acceptors (Lipinski definition) is 2. The molecule has 4 heteroatoms. The summed E-state index contributed by atoms with van der Waals surface area (Å²) >= 11 is 0. The maximum atomic E-state index is 6.45. The van der Waals surface area contributed by atoms with Gasteiger partial charge in [0.25, 0.3) is 0 Å². The lowest BCUT2D eigenvalue weighted by atomic mass is 9.52. The molecule has 0 aromatic heterocycles. The van der Waals surface area contributed by atoms with E-state index in [-0.39, 0.29) is 0 Å². The van der Waals surface area contributed by atoms with Crippen molar-refractivity contribution in [1.29, 1.82) is 0 Å². The fraction of sp³-hybridized carbons (Fsp3) is 1.00. The Morgan fingerprint density at radius 1 is 0.941 bits per heavy atom. The smallest absolute Gasteiger partial charge is 0.0828 e. The number of hydrogen-bond donors (Lipinski definition) is 0. The number of likely N-dealkylation sites (tertiary alicyclic amines) is 1. The number of fused-ring (bicyclic) bond motifs is 1. The molecule has 3 rings (SSSR count). The van der Waals surface area contributed by atoms with Gasteiger partial charge < -0.3 is 9.64 Å². The van der Waals surface area contributed by atoms with Crippen molar-refractivity contribution in [2.24, 2.45) is 17.8 Å². The lowest BCUT2D eigenvalue weighted by Gasteiger charge is -2.45. The van der Waals surface area contributed by atoms with E-state index in [1.807, 2.05) is 0 Å². The van der Waals surface area contributed by atoms with E-state index in [0.717, 1.165) is 51.0 Å². The molecular formula is C13H21B2NO. The second-order valence-corrected chi connectivity index (χ2v) is 6.13. The molecule has 2 heterocycles. The Hall–Kier alpha value is 0.0499. The minimum absolute atomic E-state index is 0.398. The van der Waals surface area contributed by atoms with Gasteiger partial charge in [0.1, 0.15) is 0 Å². The van der Waals surface area contributed by atoms with Crippen LogP contribution in [0.5, 0.6) is 0 Å². The second-order valence-electron chi connectivity index (χ2n) is 6.13. The summed E-state index contributed by atoms with van der Waals surface area (Å²) in [5.41, 5.74) is 0. The zero-order valence-corrected chi connectivity index (χ0v) is 10.6. The van der Waals surface area contributed by atoms with Crippen LogP contribution in [0.2, 0.25) is 0 Å². The van der Waals surface area contributed by atoms with Crippen molar-refractivity contribution >= 4 is 15.7 Å². The maximum Gasteiger partial charge on any atom is 0.0828 e. The Morgan fingerprint density at radius 2 is 1.53 bits per heavy atom. The molecule has 0 amide bonds. The van der Waals surface area contributed by atoms with E-state index in [2.05, 4.69) is 4.90 Å². The molecule has 1 saturated carbocycles. The van der Waals surface area contributed by atoms with Crippen LogP contribution in [-0.4, -0.2) is 52.2 Å². The van der Waals surface area contributed by atoms with Gasteiger partial charge in [-0.1, -0.05) is 11.8 Å². The predicted molar refractivity (Wildman–Crippen MR) is 70.2 cm³/mol. The number of nitrogens with zero attached hydrogens (tertiary/aromatic N) is 1. The van der Waals surface area contributed by atoms with Gasteiger partial charge in [-0.25, -0.2) is 0 Å². The van der Waals surface area contributed by atoms with Crippen molar-refractivity contribution < 1.29 is 4.74 Å². The molecule has 0 N–H and O–H groups in total. The van der Waals surface area contributed by atoms with Gasteiger partial charge in [0, 0.05) is 26.3 Å². The lowest BCUT2D eigenvalue weighted by molar-refractivity contribution is 0.0375. The second kappa shape index (κ2) is 4.62. The molecule has 0 spiro atoms. The first-order chi connectivity index (χ1) is 8.18. The van der Waals surface area contributed by atoms with E-state index in [1.54, 1.807) is 0 Å². The summed E-state index contributed by atoms with van der Waals surface area (Å²) in [7, 11) is 12.9. The first-order valence-electron chi connectivity index (χ1n) is 7.08. The fourth-order valence-corrected chi connectivity index (χ4v) is 3.97. The third-order valence-corrected chi connectivity index (χ3v) is 5.15. The number of ether oxygens (including phenoxy) is 1. The summed E-state index contributed by atoms with van der Waals surface area (Å²) in [5.74, 6) is 2.12. The van der Waals surface area contributed by atoms with Crippen molar-refractivity contribution in [3.63, 3.8) is 0 Å². The molecule has 2 nitrogen and oxygen atoms in total. The normalized spacial score (nSPS) is 36.2. The third-order valence-electron chi connectivity index (χ3n) is 5.15. The molecular weight excluding hydrogens is 208 g/mol. The van der Waals surface area contributed by atoms with Crippen molar-refractivity contribution in [2.45, 2.75) is 37.4 Å². The molecule has 90 valence electrons. The highest BCUT2D eigenvalue weighted by molar-refractivity contribution is 6.40. The van der Waals surface area contributed by atoms with Gasteiger partial charge in [-0.15, -0.1) is 0 Å². The van der Waals surface area contributed by atoms with E-state index >= 15 is 0 Å². The van der Waals surface area contributed by atoms with Crippen LogP contribution in [0.3, 0.4) is 0 Å². The first kappa shape index (κ1) is 12.1. The molecule has 2 aliphatic heterocycles. The fourth-order valence-electron chi connectivity index (χ4n) is 3.97. The molecule has 2 atom stereocenters. The van der Waals surface area contributed by atoms with Crippen molar-refractivity contribution in [3.8, 4) is 0 Å². The predicted octanol–water partition coefficient (Wildman–Crippen LogP) is 1.14. The van der Waals surface area contributed by atoms with Gasteiger partial charge in [-0.3, -0.25) is 0 Å². The lowest BCUT2D eigenvalue weighted by Crippen LogP contribution is -2.55. The average Bonchev–Trinajstić information content (AvgIpc) is 2.90. The number of rotatable bonds is 2. The largest absolute Gasteiger partial charge is 0.381 e. The Balaban J connectivity index is 1.66. The third kappa shape index (κ3) is 2.19. The quantitative estimate of drug-likeness (QED) is 0.658. The van der Waals surface area contributed by atoms with E-state index in [0.29, 0.717) is 5.92 Å². The van der Waals surface area contributed by atoms with Crippen LogP contribution in [0.1, 0.15) is 32.1 Å². The molecule has 3 fully saturated rings. The standard InChI is InChI=1S/C13H21B2NO/c14-13(15,12-4-6-17-7-5-12)16-8-10-2-1-3-11(10)9-16/h10-12H,1-9H2. The maximum absolute atomic E-state index is 6.45. The Labute approximate surface area is 107 Å². The SMILES string of the molecule is [B]C([B])(C1CCOCC1)N1CC2CCCC2C1. The Morgan fingerprint density at radius 3 is 2.12 bits per heavy atom. The van der Waals surface area contributed by atoms with Crippen LogP contribution >= 0.6 is 0 Å². The van der Waals surface area contributed by atoms with Crippen molar-refractivity contribution in [2.75, 3.05) is 26.3 Å². The Kier molecular flexibility index (Phi) is 3.29. The van der Waals surface area contributed by atoms with Crippen LogP contribution in [0.4, 0.5) is 0 Å². The van der Waals surface area contributed by atoms with Gasteiger partial charge in [-0.05, 0) is 43.4 Å². The summed E-state index contributed by atoms with van der Waals surface area (Å²) in [6, 6.07) is 0. The molecule has 0 bridgehead atoms. The van der Waals surface area contributed by atoms with Gasteiger partial charge in [0.15, 0.2) is 0 Å². The van der Waals surface area contributed by atoms with Crippen LogP contribution in [0, 0.1) is 17.8 Å². The van der Waals surface area contributed by atoms with E-state index in [9.17, 15) is 0 Å². The van der Waals surface area contributed by atoms with Crippen LogP contribution in [0.25, 0.3) is 0 Å². The van der Waals surface area contributed by atoms with Crippen molar-refractivity contribution in [3.05, 3.63) is 0 Å². The van der Waals surface area contributed by atoms with Crippen LogP contribution in [0.15, 0.2) is 0 Å². The molecule has 0 aromatic rings. The zero-order chi connectivity index (χ0) is 11.9. The van der Waals surface area contributed by atoms with Gasteiger partial charge in [-0.2, -0.15) is 0 Å². The zero-order valence-electron chi connectivity index (χ0n) is 10.6. The highest BCUT2D eigenvalue weighted by Gasteiger charge is 2.43. The average molecular weight is 229 g/mol. The summed E-state index contributed by atoms with van der Waals surface area (Å²) in [6.07, 6.45) is 6.19. The molecule has 3 aliphatic rings. The monoisotopic (exact) mass is 229 g/mol. The Bertz CT molecular complexity index is 267. The van der Waals surface area contributed by atoms with Crippen molar-refractivity contribution in [1.82, 2.24) is 4.90 Å². The molecule has 1 aliphatic carbocycles. The minimum atomic E-state index is -0.603. The molecule has 2 unspecified atom stereocenters. The van der Waals surface area contributed by atoms with E-state index in [4.69, 9.17) is 20.4 Å². The topological polar surface area (TPSA) is 12.5 Å². The van der Waals surface area contributed by atoms with E-state index in [1.165, 1.54) is 19.3 Å². The highest BCUT2D eigenvalue weighted by atomic mass is 16.5. The molecule has 4 radical (unpaired) electrons. The van der Waals surface area contributed by atoms with Gasteiger partial charge >= 0.3 is 0 Å². The van der Waals surface area contributed by atoms with Gasteiger partial charge in [0.05, 0.1) is 15.7 Å². The van der Waals surface area contributed by atoms with Crippen LogP contribution in [-0.2, 0) is 4.74 Å².